The molecular formula is C16H25NO. The minimum Gasteiger partial charge on any atom is -0.297 e. The molecule has 0 heterocycles. The van der Waals surface area contributed by atoms with Gasteiger partial charge in [-0.25, -0.2) is 0 Å². The van der Waals surface area contributed by atoms with Crippen molar-refractivity contribution in [3.63, 3.8) is 0 Å². The maximum absolute atomic E-state index is 12.7. The van der Waals surface area contributed by atoms with E-state index in [0.29, 0.717) is 5.92 Å². The zero-order valence-electron chi connectivity index (χ0n) is 11.8. The predicted octanol–water partition coefficient (Wildman–Crippen LogP) is 4.25. The molecule has 0 aromatic rings. The Morgan fingerprint density at radius 1 is 1.17 bits per heavy atom. The van der Waals surface area contributed by atoms with Crippen LogP contribution < -0.4 is 0 Å². The molecule has 2 aliphatic carbocycles. The summed E-state index contributed by atoms with van der Waals surface area (Å²) in [5.74, 6) is 0.825. The van der Waals surface area contributed by atoms with Gasteiger partial charge in [0, 0.05) is 5.41 Å². The van der Waals surface area contributed by atoms with Gasteiger partial charge in [-0.15, -0.1) is 0 Å². The molecule has 0 N–H and O–H groups in total. The summed E-state index contributed by atoms with van der Waals surface area (Å²) in [5.41, 5.74) is -0.952. The maximum atomic E-state index is 12.7. The van der Waals surface area contributed by atoms with Crippen LogP contribution in [0.4, 0.5) is 0 Å². The minimum absolute atomic E-state index is 0.217. The van der Waals surface area contributed by atoms with Crippen molar-refractivity contribution in [3.8, 4) is 6.07 Å². The van der Waals surface area contributed by atoms with Gasteiger partial charge < -0.3 is 0 Å². The topological polar surface area (TPSA) is 40.9 Å². The van der Waals surface area contributed by atoms with E-state index >= 15 is 0 Å². The zero-order valence-corrected chi connectivity index (χ0v) is 11.8. The van der Waals surface area contributed by atoms with Crippen molar-refractivity contribution >= 4 is 5.78 Å². The number of carbonyl (C=O) groups is 1. The summed E-state index contributed by atoms with van der Waals surface area (Å²) in [6, 6.07) is 2.42. The van der Waals surface area contributed by atoms with Gasteiger partial charge in [0.25, 0.3) is 0 Å². The van der Waals surface area contributed by atoms with E-state index in [0.717, 1.165) is 25.7 Å². The highest BCUT2D eigenvalue weighted by Gasteiger charge is 2.49. The first-order chi connectivity index (χ1) is 8.50. The predicted molar refractivity (Wildman–Crippen MR) is 71.9 cm³/mol. The van der Waals surface area contributed by atoms with Gasteiger partial charge in [-0.2, -0.15) is 5.26 Å². The lowest BCUT2D eigenvalue weighted by atomic mass is 9.59. The van der Waals surface area contributed by atoms with Gasteiger partial charge in [0.2, 0.25) is 0 Å². The maximum Gasteiger partial charge on any atom is 0.158 e. The molecule has 2 rings (SSSR count). The van der Waals surface area contributed by atoms with E-state index in [4.69, 9.17) is 0 Å². The normalized spacial score (nSPS) is 33.1. The molecule has 1 atom stereocenters. The van der Waals surface area contributed by atoms with Crippen molar-refractivity contribution in [1.29, 1.82) is 5.26 Å². The lowest BCUT2D eigenvalue weighted by molar-refractivity contribution is -0.139. The number of Topliss-reactive ketones (excluding diaryl/α,β-unsaturated/α-hetero) is 1. The molecular weight excluding hydrogens is 222 g/mol. The SMILES string of the molecule is CC1(C)CCCC(C#N)(CC2CCCCC2)C1=O. The summed E-state index contributed by atoms with van der Waals surface area (Å²) in [6.45, 7) is 4.03. The fourth-order valence-electron chi connectivity index (χ4n) is 3.94. The van der Waals surface area contributed by atoms with Crippen LogP contribution in [0.25, 0.3) is 0 Å². The standard InChI is InChI=1S/C16H25NO/c1-15(2)9-6-10-16(12-17,14(15)18)11-13-7-4-3-5-8-13/h13H,3-11H2,1-2H3. The van der Waals surface area contributed by atoms with E-state index in [1.54, 1.807) is 0 Å². The van der Waals surface area contributed by atoms with Gasteiger partial charge in [0.15, 0.2) is 5.78 Å². The molecule has 0 aromatic carbocycles. The third-order valence-corrected chi connectivity index (χ3v) is 5.03. The van der Waals surface area contributed by atoms with Crippen molar-refractivity contribution in [2.24, 2.45) is 16.7 Å². The molecule has 100 valence electrons. The molecule has 1 unspecified atom stereocenters. The van der Waals surface area contributed by atoms with Crippen molar-refractivity contribution in [2.45, 2.75) is 71.6 Å². The van der Waals surface area contributed by atoms with Crippen LogP contribution in [0, 0.1) is 28.1 Å². The van der Waals surface area contributed by atoms with Gasteiger partial charge in [-0.05, 0) is 25.2 Å². The molecule has 0 radical (unpaired) electrons. The molecule has 2 fully saturated rings. The Labute approximate surface area is 111 Å². The van der Waals surface area contributed by atoms with E-state index < -0.39 is 5.41 Å². The Bertz CT molecular complexity index is 360. The van der Waals surface area contributed by atoms with Crippen LogP contribution in [0.2, 0.25) is 0 Å². The summed E-state index contributed by atoms with van der Waals surface area (Å²) >= 11 is 0. The second-order valence-corrected chi connectivity index (χ2v) is 6.97. The number of nitriles is 1. The highest BCUT2D eigenvalue weighted by molar-refractivity contribution is 5.92. The first kappa shape index (κ1) is 13.6. The average molecular weight is 247 g/mol. The minimum atomic E-state index is -0.663. The van der Waals surface area contributed by atoms with Crippen LogP contribution in [0.3, 0.4) is 0 Å². The Morgan fingerprint density at radius 2 is 1.83 bits per heavy atom. The Balaban J connectivity index is 2.14. The molecule has 2 saturated carbocycles. The van der Waals surface area contributed by atoms with Gasteiger partial charge in [0.1, 0.15) is 5.41 Å². The van der Waals surface area contributed by atoms with E-state index in [-0.39, 0.29) is 11.2 Å². The molecule has 2 heteroatoms. The van der Waals surface area contributed by atoms with Crippen LogP contribution in [-0.4, -0.2) is 5.78 Å². The van der Waals surface area contributed by atoms with Gasteiger partial charge >= 0.3 is 0 Å². The van der Waals surface area contributed by atoms with Crippen LogP contribution in [0.15, 0.2) is 0 Å². The van der Waals surface area contributed by atoms with Crippen LogP contribution in [-0.2, 0) is 4.79 Å². The molecule has 0 amide bonds. The van der Waals surface area contributed by atoms with Gasteiger partial charge in [-0.3, -0.25) is 4.79 Å². The molecule has 18 heavy (non-hydrogen) atoms. The average Bonchev–Trinajstić information content (AvgIpc) is 2.36. The summed E-state index contributed by atoms with van der Waals surface area (Å²) in [6.07, 6.45) is 9.92. The molecule has 2 aliphatic rings. The number of nitrogens with zero attached hydrogens (tertiary/aromatic N) is 1. The van der Waals surface area contributed by atoms with E-state index in [9.17, 15) is 10.1 Å². The lowest BCUT2D eigenvalue weighted by Crippen LogP contribution is -2.44. The molecule has 0 saturated heterocycles. The largest absolute Gasteiger partial charge is 0.297 e. The van der Waals surface area contributed by atoms with Gasteiger partial charge in [0.05, 0.1) is 6.07 Å². The monoisotopic (exact) mass is 247 g/mol. The van der Waals surface area contributed by atoms with E-state index in [1.165, 1.54) is 32.1 Å². The highest BCUT2D eigenvalue weighted by Crippen LogP contribution is 2.47. The first-order valence-electron chi connectivity index (χ1n) is 7.46. The number of carbonyl (C=O) groups excluding carboxylic acids is 1. The van der Waals surface area contributed by atoms with Crippen molar-refractivity contribution in [2.75, 3.05) is 0 Å². The second kappa shape index (κ2) is 5.03. The van der Waals surface area contributed by atoms with Crippen LogP contribution in [0.5, 0.6) is 0 Å². The summed E-state index contributed by atoms with van der Waals surface area (Å²) < 4.78 is 0. The summed E-state index contributed by atoms with van der Waals surface area (Å²) in [5, 5.41) is 9.60. The van der Waals surface area contributed by atoms with Crippen molar-refractivity contribution < 1.29 is 4.79 Å². The van der Waals surface area contributed by atoms with Crippen molar-refractivity contribution in [3.05, 3.63) is 0 Å². The van der Waals surface area contributed by atoms with Crippen LogP contribution >= 0.6 is 0 Å². The molecule has 0 spiro atoms. The molecule has 0 aliphatic heterocycles. The zero-order chi connectivity index (χ0) is 13.2. The fourth-order valence-corrected chi connectivity index (χ4v) is 3.94. The Morgan fingerprint density at radius 3 is 2.44 bits per heavy atom. The number of hydrogen-bond donors (Lipinski definition) is 0. The number of rotatable bonds is 2. The third kappa shape index (κ3) is 2.46. The second-order valence-electron chi connectivity index (χ2n) is 6.97. The van der Waals surface area contributed by atoms with E-state index in [1.807, 2.05) is 13.8 Å². The van der Waals surface area contributed by atoms with E-state index in [2.05, 4.69) is 6.07 Å². The molecule has 2 nitrogen and oxygen atoms in total. The first-order valence-corrected chi connectivity index (χ1v) is 7.46. The number of ketones is 1. The smallest absolute Gasteiger partial charge is 0.158 e. The number of hydrogen-bond acceptors (Lipinski definition) is 2. The molecule has 0 bridgehead atoms. The highest BCUT2D eigenvalue weighted by atomic mass is 16.1. The summed E-state index contributed by atoms with van der Waals surface area (Å²) in [4.78, 5) is 12.7. The Hall–Kier alpha value is -0.840. The third-order valence-electron chi connectivity index (χ3n) is 5.03. The lowest BCUT2D eigenvalue weighted by Gasteiger charge is -2.41. The molecule has 0 aromatic heterocycles. The summed E-state index contributed by atoms with van der Waals surface area (Å²) in [7, 11) is 0. The fraction of sp³-hybridized carbons (Fsp3) is 0.875. The Kier molecular flexibility index (Phi) is 3.80. The van der Waals surface area contributed by atoms with Gasteiger partial charge in [-0.1, -0.05) is 52.4 Å². The van der Waals surface area contributed by atoms with Crippen molar-refractivity contribution in [1.82, 2.24) is 0 Å². The quantitative estimate of drug-likeness (QED) is 0.732. The van der Waals surface area contributed by atoms with Crippen LogP contribution in [0.1, 0.15) is 71.6 Å².